The molecule has 2 aromatic carbocycles. The number of thioether (sulfide) groups is 1. The van der Waals surface area contributed by atoms with Crippen LogP contribution in [-0.4, -0.2) is 26.7 Å². The molecular weight excluding hydrogens is 476 g/mol. The number of rotatable bonds is 8. The van der Waals surface area contributed by atoms with Gasteiger partial charge in [-0.15, -0.1) is 0 Å². The van der Waals surface area contributed by atoms with Crippen LogP contribution in [0.4, 0.5) is 0 Å². The monoisotopic (exact) mass is 496 g/mol. The summed E-state index contributed by atoms with van der Waals surface area (Å²) in [5.41, 5.74) is 2.72. The SMILES string of the molecule is CCOc1cc(/C=C2\SC(=S)N(Cc3cccnc3)C2=O)ccc1OCc1cccc(Cl)c1. The number of amides is 1. The quantitative estimate of drug-likeness (QED) is 0.277. The number of hydrogen-bond donors (Lipinski definition) is 0. The van der Waals surface area contributed by atoms with Crippen molar-refractivity contribution in [3.8, 4) is 11.5 Å². The molecule has 1 saturated heterocycles. The minimum absolute atomic E-state index is 0.118. The third-order valence-electron chi connectivity index (χ3n) is 4.79. The van der Waals surface area contributed by atoms with Crippen molar-refractivity contribution in [3.63, 3.8) is 0 Å². The molecule has 0 radical (unpaired) electrons. The molecule has 3 aromatic rings. The van der Waals surface area contributed by atoms with Gasteiger partial charge in [0.2, 0.25) is 0 Å². The third kappa shape index (κ3) is 5.93. The Morgan fingerprint density at radius 2 is 1.94 bits per heavy atom. The maximum absolute atomic E-state index is 13.0. The van der Waals surface area contributed by atoms with Crippen molar-refractivity contribution in [2.75, 3.05) is 6.61 Å². The highest BCUT2D eigenvalue weighted by Crippen LogP contribution is 2.35. The molecular formula is C25H21ClN2O3S2. The highest BCUT2D eigenvalue weighted by Gasteiger charge is 2.32. The molecule has 5 nitrogen and oxygen atoms in total. The minimum Gasteiger partial charge on any atom is -0.490 e. The van der Waals surface area contributed by atoms with Gasteiger partial charge >= 0.3 is 0 Å². The van der Waals surface area contributed by atoms with Gasteiger partial charge in [-0.1, -0.05) is 59.8 Å². The zero-order chi connectivity index (χ0) is 23.2. The third-order valence-corrected chi connectivity index (χ3v) is 6.40. The molecule has 1 amide bonds. The van der Waals surface area contributed by atoms with Crippen LogP contribution in [0.5, 0.6) is 11.5 Å². The van der Waals surface area contributed by atoms with Gasteiger partial charge in [0.1, 0.15) is 10.9 Å². The summed E-state index contributed by atoms with van der Waals surface area (Å²) < 4.78 is 12.3. The first-order chi connectivity index (χ1) is 16.0. The zero-order valence-corrected chi connectivity index (χ0v) is 20.3. The van der Waals surface area contributed by atoms with Gasteiger partial charge in [0, 0.05) is 17.4 Å². The number of aromatic nitrogens is 1. The summed E-state index contributed by atoms with van der Waals surface area (Å²) in [6, 6.07) is 16.9. The number of carbonyl (C=O) groups excluding carboxylic acids is 1. The largest absolute Gasteiger partial charge is 0.490 e. The van der Waals surface area contributed by atoms with Gasteiger partial charge in [0.05, 0.1) is 18.1 Å². The first-order valence-electron chi connectivity index (χ1n) is 10.3. The van der Waals surface area contributed by atoms with Crippen LogP contribution in [0.25, 0.3) is 6.08 Å². The molecule has 1 aliphatic rings. The molecule has 1 aromatic heterocycles. The Balaban J connectivity index is 1.50. The van der Waals surface area contributed by atoms with E-state index in [0.29, 0.717) is 45.5 Å². The fourth-order valence-electron chi connectivity index (χ4n) is 3.25. The Morgan fingerprint density at radius 3 is 2.70 bits per heavy atom. The smallest absolute Gasteiger partial charge is 0.266 e. The molecule has 1 fully saturated rings. The number of carbonyl (C=O) groups is 1. The van der Waals surface area contributed by atoms with Crippen molar-refractivity contribution >= 4 is 51.9 Å². The summed E-state index contributed by atoms with van der Waals surface area (Å²) in [4.78, 5) is 19.2. The Hall–Kier alpha value is -2.87. The summed E-state index contributed by atoms with van der Waals surface area (Å²) >= 11 is 12.8. The van der Waals surface area contributed by atoms with E-state index in [1.165, 1.54) is 11.8 Å². The van der Waals surface area contributed by atoms with E-state index >= 15 is 0 Å². The fourth-order valence-corrected chi connectivity index (χ4v) is 4.72. The van der Waals surface area contributed by atoms with Gasteiger partial charge < -0.3 is 9.47 Å². The first kappa shape index (κ1) is 23.3. The summed E-state index contributed by atoms with van der Waals surface area (Å²) in [6.07, 6.45) is 5.26. The molecule has 0 aliphatic carbocycles. The van der Waals surface area contributed by atoms with Crippen LogP contribution in [0.1, 0.15) is 23.6 Å². The van der Waals surface area contributed by atoms with E-state index in [4.69, 9.17) is 33.3 Å². The molecule has 0 bridgehead atoms. The lowest BCUT2D eigenvalue weighted by molar-refractivity contribution is -0.122. The van der Waals surface area contributed by atoms with E-state index in [9.17, 15) is 4.79 Å². The lowest BCUT2D eigenvalue weighted by atomic mass is 10.1. The van der Waals surface area contributed by atoms with Gasteiger partial charge in [-0.05, 0) is 60.0 Å². The lowest BCUT2D eigenvalue weighted by Crippen LogP contribution is -2.27. The number of benzene rings is 2. The fraction of sp³-hybridized carbons (Fsp3) is 0.160. The average Bonchev–Trinajstić information content (AvgIpc) is 3.07. The number of ether oxygens (including phenoxy) is 2. The van der Waals surface area contributed by atoms with Crippen molar-refractivity contribution in [2.24, 2.45) is 0 Å². The van der Waals surface area contributed by atoms with Crippen molar-refractivity contribution < 1.29 is 14.3 Å². The predicted molar refractivity (Wildman–Crippen MR) is 136 cm³/mol. The van der Waals surface area contributed by atoms with Crippen LogP contribution in [0, 0.1) is 0 Å². The molecule has 4 rings (SSSR count). The molecule has 0 unspecified atom stereocenters. The number of thiocarbonyl (C=S) groups is 1. The maximum Gasteiger partial charge on any atom is 0.266 e. The summed E-state index contributed by atoms with van der Waals surface area (Å²) in [5.74, 6) is 1.12. The van der Waals surface area contributed by atoms with E-state index in [1.54, 1.807) is 17.3 Å². The van der Waals surface area contributed by atoms with E-state index in [0.717, 1.165) is 16.7 Å². The molecule has 0 N–H and O–H groups in total. The molecule has 168 valence electrons. The topological polar surface area (TPSA) is 51.7 Å². The van der Waals surface area contributed by atoms with E-state index < -0.39 is 0 Å². The van der Waals surface area contributed by atoms with Gasteiger partial charge in [-0.2, -0.15) is 0 Å². The predicted octanol–water partition coefficient (Wildman–Crippen LogP) is 6.11. The first-order valence-corrected chi connectivity index (χ1v) is 11.9. The summed E-state index contributed by atoms with van der Waals surface area (Å²) in [7, 11) is 0. The Kier molecular flexibility index (Phi) is 7.65. The Labute approximate surface area is 207 Å². The second kappa shape index (κ2) is 10.8. The van der Waals surface area contributed by atoms with Crippen molar-refractivity contribution in [2.45, 2.75) is 20.1 Å². The standard InChI is InChI=1S/C25H21ClN2O3S2/c1-2-30-22-12-17(8-9-21(22)31-16-18-5-3-7-20(26)11-18)13-23-24(29)28(25(32)33-23)15-19-6-4-10-27-14-19/h3-14H,2,15-16H2,1H3/b23-13-. The van der Waals surface area contributed by atoms with E-state index in [2.05, 4.69) is 4.98 Å². The van der Waals surface area contributed by atoms with Crippen LogP contribution in [0.3, 0.4) is 0 Å². The molecule has 0 saturated carbocycles. The lowest BCUT2D eigenvalue weighted by Gasteiger charge is -2.14. The molecule has 1 aliphatic heterocycles. The molecule has 2 heterocycles. The minimum atomic E-state index is -0.118. The molecule has 33 heavy (non-hydrogen) atoms. The van der Waals surface area contributed by atoms with Crippen LogP contribution in [0.2, 0.25) is 5.02 Å². The maximum atomic E-state index is 13.0. The highest BCUT2D eigenvalue weighted by molar-refractivity contribution is 8.26. The second-order valence-corrected chi connectivity index (χ2v) is 9.30. The number of pyridine rings is 1. The van der Waals surface area contributed by atoms with Gasteiger partial charge in [-0.3, -0.25) is 14.7 Å². The summed E-state index contributed by atoms with van der Waals surface area (Å²) in [6.45, 7) is 3.17. The number of hydrogen-bond acceptors (Lipinski definition) is 6. The van der Waals surface area contributed by atoms with Gasteiger partial charge in [-0.25, -0.2) is 0 Å². The number of nitrogens with zero attached hydrogens (tertiary/aromatic N) is 2. The average molecular weight is 497 g/mol. The number of halogens is 1. The van der Waals surface area contributed by atoms with Crippen LogP contribution in [0.15, 0.2) is 71.9 Å². The highest BCUT2D eigenvalue weighted by atomic mass is 35.5. The van der Waals surface area contributed by atoms with Crippen LogP contribution in [-0.2, 0) is 17.9 Å². The van der Waals surface area contributed by atoms with Crippen molar-refractivity contribution in [1.29, 1.82) is 0 Å². The van der Waals surface area contributed by atoms with Crippen LogP contribution >= 0.6 is 35.6 Å². The van der Waals surface area contributed by atoms with Crippen LogP contribution < -0.4 is 9.47 Å². The van der Waals surface area contributed by atoms with Crippen molar-refractivity contribution in [3.05, 3.63) is 93.6 Å². The van der Waals surface area contributed by atoms with E-state index in [1.807, 2.05) is 67.6 Å². The molecule has 0 atom stereocenters. The van der Waals surface area contributed by atoms with Gasteiger partial charge in [0.25, 0.3) is 5.91 Å². The normalized spacial score (nSPS) is 14.7. The van der Waals surface area contributed by atoms with E-state index in [-0.39, 0.29) is 5.91 Å². The Morgan fingerprint density at radius 1 is 1.09 bits per heavy atom. The second-order valence-electron chi connectivity index (χ2n) is 7.19. The zero-order valence-electron chi connectivity index (χ0n) is 17.9. The molecule has 0 spiro atoms. The summed E-state index contributed by atoms with van der Waals surface area (Å²) in [5, 5.41) is 0.664. The van der Waals surface area contributed by atoms with Crippen molar-refractivity contribution in [1.82, 2.24) is 9.88 Å². The Bertz CT molecular complexity index is 1200. The molecule has 8 heteroatoms. The van der Waals surface area contributed by atoms with Gasteiger partial charge in [0.15, 0.2) is 11.5 Å².